The van der Waals surface area contributed by atoms with Crippen LogP contribution in [0.4, 0.5) is 10.3 Å². The van der Waals surface area contributed by atoms with Crippen molar-refractivity contribution in [3.63, 3.8) is 0 Å². The van der Waals surface area contributed by atoms with E-state index < -0.39 is 17.7 Å². The highest BCUT2D eigenvalue weighted by atomic mass is 35.5. The molecule has 1 amide bonds. The third-order valence-corrected chi connectivity index (χ3v) is 3.91. The largest absolute Gasteiger partial charge is 0.481 e. The number of aromatic nitrogens is 5. The lowest BCUT2D eigenvalue weighted by Crippen LogP contribution is -2.13. The van der Waals surface area contributed by atoms with Crippen LogP contribution in [0.15, 0.2) is 36.9 Å². The van der Waals surface area contributed by atoms with Crippen LogP contribution in [0.1, 0.15) is 22.3 Å². The minimum atomic E-state index is -0.951. The van der Waals surface area contributed by atoms with Gasteiger partial charge < -0.3 is 5.11 Å². The van der Waals surface area contributed by atoms with Crippen LogP contribution in [0.25, 0.3) is 0 Å². The first-order valence-electron chi connectivity index (χ1n) is 7.79. The maximum atomic E-state index is 13.1. The fraction of sp³-hybridized carbons (Fsp3) is 0.188. The Hall–Kier alpha value is -3.27. The van der Waals surface area contributed by atoms with Crippen molar-refractivity contribution in [1.29, 1.82) is 0 Å². The lowest BCUT2D eigenvalue weighted by molar-refractivity contribution is -0.137. The molecule has 27 heavy (non-hydrogen) atoms. The van der Waals surface area contributed by atoms with Gasteiger partial charge in [-0.3, -0.25) is 19.6 Å². The van der Waals surface area contributed by atoms with Gasteiger partial charge in [-0.2, -0.15) is 5.10 Å². The summed E-state index contributed by atoms with van der Waals surface area (Å²) in [7, 11) is 0. The van der Waals surface area contributed by atoms with E-state index in [4.69, 9.17) is 16.7 Å². The molecule has 1 aromatic carbocycles. The number of hydrogen-bond acceptors (Lipinski definition) is 5. The lowest BCUT2D eigenvalue weighted by Gasteiger charge is -2.04. The van der Waals surface area contributed by atoms with Gasteiger partial charge in [-0.25, -0.2) is 14.1 Å². The van der Waals surface area contributed by atoms with Gasteiger partial charge in [0.05, 0.1) is 31.3 Å². The number of carboxylic acid groups (broad SMARTS) is 1. The maximum Gasteiger partial charge on any atom is 0.305 e. The molecule has 140 valence electrons. The third-order valence-electron chi connectivity index (χ3n) is 3.56. The van der Waals surface area contributed by atoms with E-state index in [1.165, 1.54) is 40.2 Å². The Kier molecular flexibility index (Phi) is 5.46. The predicted octanol–water partition coefficient (Wildman–Crippen LogP) is 2.04. The van der Waals surface area contributed by atoms with Crippen molar-refractivity contribution in [2.45, 2.75) is 19.5 Å². The van der Waals surface area contributed by atoms with Crippen molar-refractivity contribution in [3.8, 4) is 0 Å². The van der Waals surface area contributed by atoms with Gasteiger partial charge in [-0.1, -0.05) is 17.7 Å². The fourth-order valence-corrected chi connectivity index (χ4v) is 2.47. The number of benzene rings is 1. The molecule has 3 rings (SSSR count). The average molecular weight is 393 g/mol. The molecule has 0 saturated heterocycles. The molecule has 3 aromatic rings. The van der Waals surface area contributed by atoms with E-state index in [9.17, 15) is 14.0 Å². The minimum Gasteiger partial charge on any atom is -0.481 e. The number of rotatable bonds is 7. The Morgan fingerprint density at radius 1 is 1.30 bits per heavy atom. The van der Waals surface area contributed by atoms with E-state index in [0.717, 1.165) is 0 Å². The van der Waals surface area contributed by atoms with Crippen LogP contribution in [-0.4, -0.2) is 41.5 Å². The van der Waals surface area contributed by atoms with Crippen LogP contribution in [0, 0.1) is 5.82 Å². The number of amides is 1. The number of carboxylic acids is 1. The van der Waals surface area contributed by atoms with Crippen molar-refractivity contribution >= 4 is 29.4 Å². The van der Waals surface area contributed by atoms with Crippen LogP contribution < -0.4 is 5.32 Å². The molecule has 0 bridgehead atoms. The Bertz CT molecular complexity index is 986. The van der Waals surface area contributed by atoms with Gasteiger partial charge in [0, 0.05) is 11.2 Å². The van der Waals surface area contributed by atoms with Crippen LogP contribution in [0.2, 0.25) is 5.02 Å². The molecule has 2 N–H and O–H groups in total. The molecule has 9 nitrogen and oxygen atoms in total. The SMILES string of the molecule is O=C(O)CCn1cc(C(=O)Nc2ncn(Cc3ccc(F)cc3Cl)n2)cn1. The monoisotopic (exact) mass is 392 g/mol. The average Bonchev–Trinajstić information content (AvgIpc) is 3.25. The van der Waals surface area contributed by atoms with Crippen molar-refractivity contribution in [3.05, 3.63) is 58.9 Å². The molecule has 2 aromatic heterocycles. The summed E-state index contributed by atoms with van der Waals surface area (Å²) in [5, 5.41) is 19.5. The lowest BCUT2D eigenvalue weighted by atomic mass is 10.2. The minimum absolute atomic E-state index is 0.0801. The summed E-state index contributed by atoms with van der Waals surface area (Å²) in [6.07, 6.45) is 4.08. The first-order chi connectivity index (χ1) is 12.9. The van der Waals surface area contributed by atoms with Crippen LogP contribution >= 0.6 is 11.6 Å². The van der Waals surface area contributed by atoms with Gasteiger partial charge in [0.25, 0.3) is 5.91 Å². The highest BCUT2D eigenvalue weighted by Gasteiger charge is 2.12. The van der Waals surface area contributed by atoms with Gasteiger partial charge in [0.15, 0.2) is 0 Å². The zero-order valence-electron chi connectivity index (χ0n) is 13.8. The van der Waals surface area contributed by atoms with E-state index in [1.807, 2.05) is 0 Å². The summed E-state index contributed by atoms with van der Waals surface area (Å²) in [6.45, 7) is 0.420. The van der Waals surface area contributed by atoms with Crippen LogP contribution in [0.5, 0.6) is 0 Å². The maximum absolute atomic E-state index is 13.1. The number of aryl methyl sites for hydroxylation is 1. The van der Waals surface area contributed by atoms with Crippen molar-refractivity contribution < 1.29 is 19.1 Å². The topological polar surface area (TPSA) is 115 Å². The second-order valence-corrected chi connectivity index (χ2v) is 6.00. The fourth-order valence-electron chi connectivity index (χ4n) is 2.24. The number of carbonyl (C=O) groups is 2. The van der Waals surface area contributed by atoms with E-state index in [1.54, 1.807) is 6.07 Å². The Morgan fingerprint density at radius 2 is 2.11 bits per heavy atom. The highest BCUT2D eigenvalue weighted by Crippen LogP contribution is 2.18. The summed E-state index contributed by atoms with van der Waals surface area (Å²) in [5.41, 5.74) is 0.902. The number of halogens is 2. The standard InChI is InChI=1S/C16H14ClFN6O3/c17-13-5-12(18)2-1-10(13)7-24-9-19-16(22-24)21-15(27)11-6-20-23(8-11)4-3-14(25)26/h1-2,5-6,8-9H,3-4,7H2,(H,25,26)(H,21,22,27). The first-order valence-corrected chi connectivity index (χ1v) is 8.17. The Balaban J connectivity index is 1.61. The predicted molar refractivity (Wildman–Crippen MR) is 93.0 cm³/mol. The van der Waals surface area contributed by atoms with Gasteiger partial charge >= 0.3 is 5.97 Å². The number of nitrogens with one attached hydrogen (secondary N) is 1. The van der Waals surface area contributed by atoms with Crippen molar-refractivity contribution in [2.75, 3.05) is 5.32 Å². The molecule has 0 saturated carbocycles. The van der Waals surface area contributed by atoms with Gasteiger partial charge in [-0.05, 0) is 17.7 Å². The zero-order chi connectivity index (χ0) is 19.4. The summed E-state index contributed by atoms with van der Waals surface area (Å²) >= 11 is 5.98. The van der Waals surface area contributed by atoms with Crippen molar-refractivity contribution in [2.24, 2.45) is 0 Å². The summed E-state index contributed by atoms with van der Waals surface area (Å²) < 4.78 is 15.9. The van der Waals surface area contributed by atoms with E-state index in [-0.39, 0.29) is 36.0 Å². The third kappa shape index (κ3) is 4.88. The number of hydrogen-bond donors (Lipinski definition) is 2. The van der Waals surface area contributed by atoms with E-state index >= 15 is 0 Å². The molecule has 0 aliphatic heterocycles. The summed E-state index contributed by atoms with van der Waals surface area (Å²) in [4.78, 5) is 26.7. The molecule has 0 atom stereocenters. The zero-order valence-corrected chi connectivity index (χ0v) is 14.6. The van der Waals surface area contributed by atoms with Gasteiger partial charge in [0.2, 0.25) is 5.95 Å². The number of carbonyl (C=O) groups excluding carboxylic acids is 1. The molecule has 0 aliphatic carbocycles. The van der Waals surface area contributed by atoms with Crippen LogP contribution in [0.3, 0.4) is 0 Å². The molecule has 0 fully saturated rings. The molecule has 2 heterocycles. The van der Waals surface area contributed by atoms with Crippen LogP contribution in [-0.2, 0) is 17.9 Å². The number of nitrogens with zero attached hydrogens (tertiary/aromatic N) is 5. The second kappa shape index (κ2) is 7.96. The molecule has 0 aliphatic rings. The molecule has 0 unspecified atom stereocenters. The second-order valence-electron chi connectivity index (χ2n) is 5.59. The Morgan fingerprint density at radius 3 is 2.85 bits per heavy atom. The first kappa shape index (κ1) is 18.5. The smallest absolute Gasteiger partial charge is 0.305 e. The van der Waals surface area contributed by atoms with E-state index in [2.05, 4.69) is 20.5 Å². The highest BCUT2D eigenvalue weighted by molar-refractivity contribution is 6.31. The van der Waals surface area contributed by atoms with E-state index in [0.29, 0.717) is 5.56 Å². The summed E-state index contributed by atoms with van der Waals surface area (Å²) in [5.74, 6) is -1.78. The number of aliphatic carboxylic acids is 1. The normalized spacial score (nSPS) is 10.7. The quantitative estimate of drug-likeness (QED) is 0.635. The Labute approximate surface area is 157 Å². The molecule has 0 radical (unpaired) electrons. The van der Waals surface area contributed by atoms with Gasteiger partial charge in [-0.15, -0.1) is 5.10 Å². The summed E-state index contributed by atoms with van der Waals surface area (Å²) in [6, 6.07) is 4.05. The molecular formula is C16H14ClFN6O3. The molecule has 11 heteroatoms. The molecule has 0 spiro atoms. The number of anilines is 1. The molecular weight excluding hydrogens is 379 g/mol. The van der Waals surface area contributed by atoms with Gasteiger partial charge in [0.1, 0.15) is 12.1 Å². The van der Waals surface area contributed by atoms with Crippen molar-refractivity contribution in [1.82, 2.24) is 24.5 Å².